The fourth-order valence-electron chi connectivity index (χ4n) is 1.66. The SMILES string of the molecule is COCc1nc(Cc2ccccc2)[nH]c(=O)c1Br. The quantitative estimate of drug-likeness (QED) is 0.942. The normalized spacial score (nSPS) is 10.6. The fraction of sp³-hybridized carbons (Fsp3) is 0.231. The number of methoxy groups -OCH3 is 1. The molecule has 0 aliphatic rings. The second kappa shape index (κ2) is 5.93. The zero-order valence-electron chi connectivity index (χ0n) is 9.94. The number of nitrogens with one attached hydrogen (secondary N) is 1. The van der Waals surface area contributed by atoms with Crippen LogP contribution in [0.15, 0.2) is 39.6 Å². The van der Waals surface area contributed by atoms with Crippen molar-refractivity contribution in [3.63, 3.8) is 0 Å². The Hall–Kier alpha value is -1.46. The maximum atomic E-state index is 11.7. The molecule has 0 atom stereocenters. The third kappa shape index (κ3) is 3.05. The summed E-state index contributed by atoms with van der Waals surface area (Å²) in [6.07, 6.45) is 0.597. The van der Waals surface area contributed by atoms with Gasteiger partial charge in [-0.3, -0.25) is 4.79 Å². The Morgan fingerprint density at radius 2 is 2.06 bits per heavy atom. The van der Waals surface area contributed by atoms with Crippen LogP contribution in [0.1, 0.15) is 17.1 Å². The van der Waals surface area contributed by atoms with Gasteiger partial charge in [-0.1, -0.05) is 30.3 Å². The lowest BCUT2D eigenvalue weighted by molar-refractivity contribution is 0.180. The molecule has 2 aromatic rings. The lowest BCUT2D eigenvalue weighted by Gasteiger charge is -2.06. The number of halogens is 1. The highest BCUT2D eigenvalue weighted by Crippen LogP contribution is 2.11. The van der Waals surface area contributed by atoms with Gasteiger partial charge in [0.25, 0.3) is 5.56 Å². The predicted octanol–water partition coefficient (Wildman–Crippen LogP) is 2.27. The lowest BCUT2D eigenvalue weighted by atomic mass is 10.1. The number of hydrogen-bond acceptors (Lipinski definition) is 3. The van der Waals surface area contributed by atoms with E-state index in [1.807, 2.05) is 30.3 Å². The summed E-state index contributed by atoms with van der Waals surface area (Å²) >= 11 is 3.21. The summed E-state index contributed by atoms with van der Waals surface area (Å²) in [6, 6.07) is 9.87. The summed E-state index contributed by atoms with van der Waals surface area (Å²) in [6.45, 7) is 0.312. The molecule has 1 N–H and O–H groups in total. The van der Waals surface area contributed by atoms with Crippen LogP contribution in [0.25, 0.3) is 0 Å². The van der Waals surface area contributed by atoms with Gasteiger partial charge in [0.15, 0.2) is 0 Å². The molecule has 0 spiro atoms. The molecule has 0 saturated carbocycles. The van der Waals surface area contributed by atoms with Crippen molar-refractivity contribution in [1.82, 2.24) is 9.97 Å². The summed E-state index contributed by atoms with van der Waals surface area (Å²) in [4.78, 5) is 18.9. The molecule has 1 aromatic heterocycles. The summed E-state index contributed by atoms with van der Waals surface area (Å²) in [5.41, 5.74) is 1.54. The monoisotopic (exact) mass is 308 g/mol. The standard InChI is InChI=1S/C13H13BrN2O2/c1-18-8-10-12(14)13(17)16-11(15-10)7-9-5-3-2-4-6-9/h2-6H,7-8H2,1H3,(H,15,16,17). The molecule has 0 fully saturated rings. The van der Waals surface area contributed by atoms with Crippen LogP contribution in [0.3, 0.4) is 0 Å². The summed E-state index contributed by atoms with van der Waals surface area (Å²) in [5.74, 6) is 0.640. The lowest BCUT2D eigenvalue weighted by Crippen LogP contribution is -2.16. The van der Waals surface area contributed by atoms with Crippen LogP contribution in [0.2, 0.25) is 0 Å². The Labute approximate surface area is 113 Å². The minimum atomic E-state index is -0.178. The molecule has 0 aliphatic carbocycles. The van der Waals surface area contributed by atoms with Crippen molar-refractivity contribution in [3.8, 4) is 0 Å². The van der Waals surface area contributed by atoms with E-state index in [-0.39, 0.29) is 5.56 Å². The third-order valence-corrected chi connectivity index (χ3v) is 3.29. The summed E-state index contributed by atoms with van der Waals surface area (Å²) < 4.78 is 5.46. The van der Waals surface area contributed by atoms with Crippen molar-refractivity contribution in [2.75, 3.05) is 7.11 Å². The number of aromatic nitrogens is 2. The Morgan fingerprint density at radius 3 is 2.72 bits per heavy atom. The molecular formula is C13H13BrN2O2. The first-order chi connectivity index (χ1) is 8.70. The van der Waals surface area contributed by atoms with Crippen molar-refractivity contribution < 1.29 is 4.74 Å². The maximum Gasteiger partial charge on any atom is 0.265 e. The number of H-pyrrole nitrogens is 1. The van der Waals surface area contributed by atoms with Gasteiger partial charge in [-0.2, -0.15) is 0 Å². The predicted molar refractivity (Wildman–Crippen MR) is 72.5 cm³/mol. The number of hydrogen-bond donors (Lipinski definition) is 1. The minimum Gasteiger partial charge on any atom is -0.378 e. The molecule has 0 bridgehead atoms. The van der Waals surface area contributed by atoms with E-state index in [1.165, 1.54) is 0 Å². The highest BCUT2D eigenvalue weighted by molar-refractivity contribution is 9.10. The summed E-state index contributed by atoms with van der Waals surface area (Å²) in [5, 5.41) is 0. The van der Waals surface area contributed by atoms with Gasteiger partial charge < -0.3 is 9.72 Å². The average Bonchev–Trinajstić information content (AvgIpc) is 2.37. The van der Waals surface area contributed by atoms with Crippen molar-refractivity contribution >= 4 is 15.9 Å². The fourth-order valence-corrected chi connectivity index (χ4v) is 1.96. The average molecular weight is 309 g/mol. The van der Waals surface area contributed by atoms with Gasteiger partial charge >= 0.3 is 0 Å². The Balaban J connectivity index is 2.32. The van der Waals surface area contributed by atoms with Gasteiger partial charge in [-0.15, -0.1) is 0 Å². The molecule has 0 amide bonds. The molecule has 2 rings (SSSR count). The highest BCUT2D eigenvalue weighted by atomic mass is 79.9. The molecule has 0 saturated heterocycles. The second-order valence-corrected chi connectivity index (χ2v) is 4.66. The van der Waals surface area contributed by atoms with Gasteiger partial charge in [-0.05, 0) is 21.5 Å². The molecular weight excluding hydrogens is 296 g/mol. The van der Waals surface area contributed by atoms with Crippen LogP contribution >= 0.6 is 15.9 Å². The van der Waals surface area contributed by atoms with Crippen LogP contribution in [0, 0.1) is 0 Å². The number of ether oxygens (including phenoxy) is 1. The highest BCUT2D eigenvalue weighted by Gasteiger charge is 2.09. The van der Waals surface area contributed by atoms with E-state index in [2.05, 4.69) is 25.9 Å². The smallest absolute Gasteiger partial charge is 0.265 e. The third-order valence-electron chi connectivity index (χ3n) is 2.48. The Morgan fingerprint density at radius 1 is 1.33 bits per heavy atom. The van der Waals surface area contributed by atoms with Crippen molar-refractivity contribution in [2.45, 2.75) is 13.0 Å². The largest absolute Gasteiger partial charge is 0.378 e. The van der Waals surface area contributed by atoms with Crippen LogP contribution < -0.4 is 5.56 Å². The molecule has 1 heterocycles. The molecule has 0 unspecified atom stereocenters. The molecule has 0 aliphatic heterocycles. The topological polar surface area (TPSA) is 55.0 Å². The molecule has 18 heavy (non-hydrogen) atoms. The zero-order chi connectivity index (χ0) is 13.0. The van der Waals surface area contributed by atoms with Gasteiger partial charge in [0.05, 0.1) is 12.3 Å². The summed E-state index contributed by atoms with van der Waals surface area (Å²) in [7, 11) is 1.58. The van der Waals surface area contributed by atoms with Crippen LogP contribution in [0.5, 0.6) is 0 Å². The Kier molecular flexibility index (Phi) is 4.28. The van der Waals surface area contributed by atoms with E-state index in [0.717, 1.165) is 5.56 Å². The van der Waals surface area contributed by atoms with Gasteiger partial charge in [0.1, 0.15) is 10.3 Å². The van der Waals surface area contributed by atoms with E-state index < -0.39 is 0 Å². The van der Waals surface area contributed by atoms with Crippen molar-refractivity contribution in [2.24, 2.45) is 0 Å². The zero-order valence-corrected chi connectivity index (χ0v) is 11.5. The van der Waals surface area contributed by atoms with Gasteiger partial charge in [-0.25, -0.2) is 4.98 Å². The minimum absolute atomic E-state index is 0.178. The molecule has 0 radical (unpaired) electrons. The molecule has 5 heteroatoms. The van der Waals surface area contributed by atoms with Gasteiger partial charge in [0, 0.05) is 13.5 Å². The maximum absolute atomic E-state index is 11.7. The van der Waals surface area contributed by atoms with Crippen molar-refractivity contribution in [3.05, 3.63) is 62.2 Å². The second-order valence-electron chi connectivity index (χ2n) is 3.87. The first-order valence-corrected chi connectivity index (χ1v) is 6.30. The molecule has 94 valence electrons. The van der Waals surface area contributed by atoms with E-state index >= 15 is 0 Å². The first kappa shape index (κ1) is 13.0. The number of aromatic amines is 1. The van der Waals surface area contributed by atoms with Crippen LogP contribution in [-0.2, 0) is 17.8 Å². The first-order valence-electron chi connectivity index (χ1n) is 5.51. The van der Waals surface area contributed by atoms with Crippen molar-refractivity contribution in [1.29, 1.82) is 0 Å². The van der Waals surface area contributed by atoms with Crippen LogP contribution in [-0.4, -0.2) is 17.1 Å². The van der Waals surface area contributed by atoms with Crippen LogP contribution in [0.4, 0.5) is 0 Å². The van der Waals surface area contributed by atoms with E-state index in [1.54, 1.807) is 7.11 Å². The Bertz CT molecular complexity index is 581. The van der Waals surface area contributed by atoms with E-state index in [4.69, 9.17) is 4.74 Å². The number of benzene rings is 1. The molecule has 4 nitrogen and oxygen atoms in total. The van der Waals surface area contributed by atoms with Gasteiger partial charge in [0.2, 0.25) is 0 Å². The van der Waals surface area contributed by atoms with E-state index in [9.17, 15) is 4.79 Å². The number of nitrogens with zero attached hydrogens (tertiary/aromatic N) is 1. The number of rotatable bonds is 4. The molecule has 1 aromatic carbocycles. The van der Waals surface area contributed by atoms with E-state index in [0.29, 0.717) is 29.0 Å².